The molecule has 1 saturated carbocycles. The van der Waals surface area contributed by atoms with Gasteiger partial charge in [0.2, 0.25) is 0 Å². The Labute approximate surface area is 129 Å². The molecule has 1 aromatic carbocycles. The summed E-state index contributed by atoms with van der Waals surface area (Å²) in [4.78, 5) is 0. The molecule has 20 heavy (non-hydrogen) atoms. The first-order chi connectivity index (χ1) is 9.90. The molecule has 108 valence electrons. The maximum Gasteiger partial charge on any atom is 0.123 e. The van der Waals surface area contributed by atoms with E-state index in [0.717, 1.165) is 29.2 Å². The number of benzene rings is 1. The smallest absolute Gasteiger partial charge is 0.123 e. The van der Waals surface area contributed by atoms with Gasteiger partial charge in [-0.25, -0.2) is 0 Å². The largest absolute Gasteiger partial charge is 0.488 e. The Balaban J connectivity index is 1.31. The number of para-hydroxylation sites is 1. The fourth-order valence-electron chi connectivity index (χ4n) is 3.59. The van der Waals surface area contributed by atoms with Crippen LogP contribution in [0.4, 0.5) is 0 Å². The molecule has 0 aromatic heterocycles. The molecule has 0 spiro atoms. The van der Waals surface area contributed by atoms with Gasteiger partial charge in [0.25, 0.3) is 0 Å². The van der Waals surface area contributed by atoms with Crippen molar-refractivity contribution in [1.82, 2.24) is 5.32 Å². The van der Waals surface area contributed by atoms with E-state index < -0.39 is 0 Å². The lowest BCUT2D eigenvalue weighted by Gasteiger charge is -2.29. The molecule has 0 amide bonds. The van der Waals surface area contributed by atoms with E-state index in [1.807, 2.05) is 0 Å². The van der Waals surface area contributed by atoms with Crippen molar-refractivity contribution in [3.63, 3.8) is 0 Å². The lowest BCUT2D eigenvalue weighted by molar-refractivity contribution is 0.222. The van der Waals surface area contributed by atoms with E-state index in [2.05, 4.69) is 53.1 Å². The Hall–Kier alpha value is -0.320. The highest BCUT2D eigenvalue weighted by atomic mass is 32.2. The fraction of sp³-hybridized carbons (Fsp3) is 0.625. The van der Waals surface area contributed by atoms with Crippen molar-refractivity contribution in [2.24, 2.45) is 0 Å². The van der Waals surface area contributed by atoms with E-state index in [1.165, 1.54) is 29.9 Å². The minimum Gasteiger partial charge on any atom is -0.488 e. The fourth-order valence-corrected chi connectivity index (χ4v) is 6.90. The zero-order valence-corrected chi connectivity index (χ0v) is 13.2. The molecule has 1 aromatic rings. The van der Waals surface area contributed by atoms with E-state index in [9.17, 15) is 0 Å². The summed E-state index contributed by atoms with van der Waals surface area (Å²) in [5, 5.41) is 5.53. The van der Waals surface area contributed by atoms with E-state index in [-0.39, 0.29) is 0 Å². The third-order valence-electron chi connectivity index (χ3n) is 4.57. The third kappa shape index (κ3) is 2.58. The molecule has 0 radical (unpaired) electrons. The van der Waals surface area contributed by atoms with Gasteiger partial charge in [-0.1, -0.05) is 18.2 Å². The minimum absolute atomic E-state index is 0.327. The molecule has 1 N–H and O–H groups in total. The Morgan fingerprint density at radius 2 is 2.05 bits per heavy atom. The minimum atomic E-state index is 0.327. The highest BCUT2D eigenvalue weighted by Gasteiger charge is 2.38. The van der Waals surface area contributed by atoms with Crippen molar-refractivity contribution in [2.45, 2.75) is 41.9 Å². The van der Waals surface area contributed by atoms with Gasteiger partial charge < -0.3 is 10.1 Å². The molecule has 0 bridgehead atoms. The van der Waals surface area contributed by atoms with Gasteiger partial charge in [0.15, 0.2) is 0 Å². The summed E-state index contributed by atoms with van der Waals surface area (Å²) in [6, 6.07) is 9.15. The number of rotatable bonds is 3. The first kappa shape index (κ1) is 13.4. The summed E-state index contributed by atoms with van der Waals surface area (Å²) in [6.45, 7) is 0.994. The van der Waals surface area contributed by atoms with Gasteiger partial charge in [-0.2, -0.15) is 23.5 Å². The second-order valence-electron chi connectivity index (χ2n) is 5.89. The van der Waals surface area contributed by atoms with Crippen LogP contribution in [0.15, 0.2) is 24.3 Å². The van der Waals surface area contributed by atoms with E-state index in [1.54, 1.807) is 0 Å². The van der Waals surface area contributed by atoms with Crippen LogP contribution in [0.5, 0.6) is 5.75 Å². The van der Waals surface area contributed by atoms with Crippen LogP contribution in [0.25, 0.3) is 0 Å². The molecule has 1 saturated heterocycles. The van der Waals surface area contributed by atoms with E-state index >= 15 is 0 Å². The highest BCUT2D eigenvalue weighted by molar-refractivity contribution is 8.07. The Morgan fingerprint density at radius 1 is 1.15 bits per heavy atom. The summed E-state index contributed by atoms with van der Waals surface area (Å²) >= 11 is 4.38. The van der Waals surface area contributed by atoms with Crippen LogP contribution in [0.2, 0.25) is 0 Å². The number of ether oxygens (including phenoxy) is 1. The SMILES string of the molecule is c1ccc2c(c1)C[C@H](CN[C@@H]1CC[C@@H]3SCCS[C@H]31)O2. The zero-order chi connectivity index (χ0) is 13.4. The highest BCUT2D eigenvalue weighted by Crippen LogP contribution is 2.42. The van der Waals surface area contributed by atoms with Gasteiger partial charge >= 0.3 is 0 Å². The molecule has 2 nitrogen and oxygen atoms in total. The third-order valence-corrected chi connectivity index (χ3v) is 7.88. The quantitative estimate of drug-likeness (QED) is 0.926. The molecule has 4 heteroatoms. The van der Waals surface area contributed by atoms with Gasteiger partial charge in [0, 0.05) is 41.0 Å². The van der Waals surface area contributed by atoms with E-state index in [4.69, 9.17) is 4.74 Å². The van der Waals surface area contributed by atoms with Crippen molar-refractivity contribution in [3.05, 3.63) is 29.8 Å². The normalized spacial score (nSPS) is 35.4. The standard InChI is InChI=1S/C16H21NOS2/c1-2-4-14-11(3-1)9-12(18-14)10-17-13-5-6-15-16(13)20-8-7-19-15/h1-4,12-13,15-17H,5-10H2/t12-,13-,15+,16+/m1/s1. The molecular formula is C16H21NOS2. The summed E-state index contributed by atoms with van der Waals surface area (Å²) in [6.07, 6.45) is 4.12. The Morgan fingerprint density at radius 3 is 3.00 bits per heavy atom. The average Bonchev–Trinajstić information content (AvgIpc) is 3.08. The zero-order valence-electron chi connectivity index (χ0n) is 11.6. The number of hydrogen-bond acceptors (Lipinski definition) is 4. The Bertz CT molecular complexity index is 456. The lowest BCUT2D eigenvalue weighted by Crippen LogP contribution is -2.43. The predicted octanol–water partition coefficient (Wildman–Crippen LogP) is 2.96. The van der Waals surface area contributed by atoms with Crippen LogP contribution >= 0.6 is 23.5 Å². The first-order valence-electron chi connectivity index (χ1n) is 7.61. The maximum absolute atomic E-state index is 6.03. The molecule has 4 rings (SSSR count). The van der Waals surface area contributed by atoms with Crippen LogP contribution in [0, 0.1) is 0 Å². The summed E-state index contributed by atoms with van der Waals surface area (Å²) in [5.41, 5.74) is 1.37. The molecule has 4 atom stereocenters. The van der Waals surface area contributed by atoms with Gasteiger partial charge in [0.1, 0.15) is 11.9 Å². The average molecular weight is 307 g/mol. The summed E-state index contributed by atoms with van der Waals surface area (Å²) < 4.78 is 6.03. The second-order valence-corrected chi connectivity index (χ2v) is 8.52. The molecule has 1 aliphatic carbocycles. The molecule has 2 fully saturated rings. The number of thioether (sulfide) groups is 2. The van der Waals surface area contributed by atoms with Crippen molar-refractivity contribution in [3.8, 4) is 5.75 Å². The van der Waals surface area contributed by atoms with Crippen LogP contribution < -0.4 is 10.1 Å². The first-order valence-corrected chi connectivity index (χ1v) is 9.71. The molecule has 2 heterocycles. The number of hydrogen-bond donors (Lipinski definition) is 1. The van der Waals surface area contributed by atoms with Gasteiger partial charge in [-0.05, 0) is 24.5 Å². The van der Waals surface area contributed by atoms with Gasteiger partial charge in [-0.3, -0.25) is 0 Å². The monoisotopic (exact) mass is 307 g/mol. The topological polar surface area (TPSA) is 21.3 Å². The van der Waals surface area contributed by atoms with Crippen LogP contribution in [-0.2, 0) is 6.42 Å². The van der Waals surface area contributed by atoms with Gasteiger partial charge in [0.05, 0.1) is 0 Å². The summed E-state index contributed by atoms with van der Waals surface area (Å²) in [5.74, 6) is 3.76. The van der Waals surface area contributed by atoms with Crippen molar-refractivity contribution < 1.29 is 4.74 Å². The Kier molecular flexibility index (Phi) is 3.88. The predicted molar refractivity (Wildman–Crippen MR) is 88.1 cm³/mol. The molecule has 0 unspecified atom stereocenters. The number of fused-ring (bicyclic) bond motifs is 2. The molecule has 2 aliphatic heterocycles. The van der Waals surface area contributed by atoms with Crippen LogP contribution in [0.3, 0.4) is 0 Å². The van der Waals surface area contributed by atoms with Gasteiger partial charge in [-0.15, -0.1) is 0 Å². The van der Waals surface area contributed by atoms with Crippen molar-refractivity contribution >= 4 is 23.5 Å². The molecule has 3 aliphatic rings. The van der Waals surface area contributed by atoms with E-state index in [0.29, 0.717) is 12.1 Å². The van der Waals surface area contributed by atoms with Crippen LogP contribution in [0.1, 0.15) is 18.4 Å². The molecular weight excluding hydrogens is 286 g/mol. The van der Waals surface area contributed by atoms with Crippen molar-refractivity contribution in [1.29, 1.82) is 0 Å². The second kappa shape index (κ2) is 5.82. The lowest BCUT2D eigenvalue weighted by atomic mass is 10.1. The van der Waals surface area contributed by atoms with Crippen LogP contribution in [-0.4, -0.2) is 40.7 Å². The summed E-state index contributed by atoms with van der Waals surface area (Å²) in [7, 11) is 0. The maximum atomic E-state index is 6.03. The number of nitrogens with one attached hydrogen (secondary N) is 1. The van der Waals surface area contributed by atoms with Crippen molar-refractivity contribution in [2.75, 3.05) is 18.1 Å².